The van der Waals surface area contributed by atoms with Crippen molar-refractivity contribution in [3.05, 3.63) is 64.6 Å². The third-order valence-electron chi connectivity index (χ3n) is 3.33. The minimum absolute atomic E-state index is 0.114. The summed E-state index contributed by atoms with van der Waals surface area (Å²) in [5, 5.41) is 6.97. The number of nitrogens with one attached hydrogen (secondary N) is 2. The number of halogens is 1. The molecule has 0 aliphatic rings. The molecule has 0 aliphatic carbocycles. The van der Waals surface area contributed by atoms with Gasteiger partial charge in [0.15, 0.2) is 5.11 Å². The van der Waals surface area contributed by atoms with E-state index in [9.17, 15) is 0 Å². The molecule has 0 unspecified atom stereocenters. The van der Waals surface area contributed by atoms with Gasteiger partial charge in [-0.25, -0.2) is 0 Å². The zero-order valence-corrected chi connectivity index (χ0v) is 15.5. The average molecular weight is 393 g/mol. The lowest BCUT2D eigenvalue weighted by molar-refractivity contribution is 0.0646. The first-order chi connectivity index (χ1) is 11.1. The van der Waals surface area contributed by atoms with Gasteiger partial charge in [0.1, 0.15) is 0 Å². The van der Waals surface area contributed by atoms with E-state index >= 15 is 0 Å². The molecule has 2 N–H and O–H groups in total. The number of benzene rings is 2. The largest absolute Gasteiger partial charge is 0.374 e. The van der Waals surface area contributed by atoms with E-state index in [2.05, 4.69) is 45.6 Å². The molecule has 0 spiro atoms. The van der Waals surface area contributed by atoms with E-state index in [1.807, 2.05) is 42.5 Å². The van der Waals surface area contributed by atoms with Crippen molar-refractivity contribution in [2.45, 2.75) is 19.4 Å². The van der Waals surface area contributed by atoms with Gasteiger partial charge in [0, 0.05) is 23.3 Å². The molecule has 0 fully saturated rings. The van der Waals surface area contributed by atoms with Gasteiger partial charge in [0.05, 0.1) is 6.10 Å². The smallest absolute Gasteiger partial charge is 0.170 e. The molecule has 0 amide bonds. The highest BCUT2D eigenvalue weighted by Gasteiger charge is 2.04. The van der Waals surface area contributed by atoms with Crippen LogP contribution in [0.3, 0.4) is 0 Å². The van der Waals surface area contributed by atoms with Gasteiger partial charge in [-0.15, -0.1) is 0 Å². The maximum Gasteiger partial charge on any atom is 0.170 e. The van der Waals surface area contributed by atoms with Gasteiger partial charge < -0.3 is 15.4 Å². The molecule has 122 valence electrons. The van der Waals surface area contributed by atoms with Gasteiger partial charge in [-0.2, -0.15) is 0 Å². The van der Waals surface area contributed by atoms with Crippen LogP contribution in [0.1, 0.15) is 25.0 Å². The van der Waals surface area contributed by atoms with Crippen LogP contribution >= 0.6 is 28.1 Å². The number of hydrogen-bond donors (Lipinski definition) is 2. The van der Waals surface area contributed by atoms with Crippen LogP contribution in [0, 0.1) is 0 Å². The van der Waals surface area contributed by atoms with Crippen molar-refractivity contribution in [1.29, 1.82) is 0 Å². The molecule has 23 heavy (non-hydrogen) atoms. The summed E-state index contributed by atoms with van der Waals surface area (Å²) in [4.78, 5) is 0. The number of thiocarbonyl (C=S) groups is 1. The SMILES string of the molecule is C[C@H](OCCCNC(=S)Nc1cccc(Br)c1)c1ccccc1. The Labute approximate surface area is 151 Å². The predicted octanol–water partition coefficient (Wildman–Crippen LogP) is 4.90. The lowest BCUT2D eigenvalue weighted by Crippen LogP contribution is -2.29. The van der Waals surface area contributed by atoms with Crippen molar-refractivity contribution >= 4 is 38.9 Å². The Morgan fingerprint density at radius 2 is 1.96 bits per heavy atom. The molecular weight excluding hydrogens is 372 g/mol. The maximum atomic E-state index is 5.83. The highest BCUT2D eigenvalue weighted by molar-refractivity contribution is 9.10. The first-order valence-corrected chi connectivity index (χ1v) is 8.82. The summed E-state index contributed by atoms with van der Waals surface area (Å²) in [5.41, 5.74) is 2.16. The lowest BCUT2D eigenvalue weighted by Gasteiger charge is -2.14. The van der Waals surface area contributed by atoms with Gasteiger partial charge in [-0.3, -0.25) is 0 Å². The molecule has 5 heteroatoms. The zero-order valence-electron chi connectivity index (χ0n) is 13.1. The molecule has 0 bridgehead atoms. The number of ether oxygens (including phenoxy) is 1. The minimum Gasteiger partial charge on any atom is -0.374 e. The second kappa shape index (κ2) is 9.65. The topological polar surface area (TPSA) is 33.3 Å². The van der Waals surface area contributed by atoms with Gasteiger partial charge >= 0.3 is 0 Å². The second-order valence-electron chi connectivity index (χ2n) is 5.17. The molecule has 2 rings (SSSR count). The fourth-order valence-corrected chi connectivity index (χ4v) is 2.72. The first kappa shape index (κ1) is 17.9. The highest BCUT2D eigenvalue weighted by Crippen LogP contribution is 2.16. The molecule has 0 aliphatic heterocycles. The summed E-state index contributed by atoms with van der Waals surface area (Å²) >= 11 is 8.72. The third-order valence-corrected chi connectivity index (χ3v) is 4.07. The van der Waals surface area contributed by atoms with Crippen LogP contribution in [0.4, 0.5) is 5.69 Å². The number of rotatable bonds is 7. The Hall–Kier alpha value is -1.43. The van der Waals surface area contributed by atoms with Crippen molar-refractivity contribution in [1.82, 2.24) is 5.32 Å². The van der Waals surface area contributed by atoms with Crippen molar-refractivity contribution in [2.24, 2.45) is 0 Å². The summed E-state index contributed by atoms with van der Waals surface area (Å²) in [5.74, 6) is 0. The second-order valence-corrected chi connectivity index (χ2v) is 6.49. The van der Waals surface area contributed by atoms with E-state index in [4.69, 9.17) is 17.0 Å². The van der Waals surface area contributed by atoms with E-state index in [0.29, 0.717) is 11.7 Å². The molecule has 0 saturated heterocycles. The van der Waals surface area contributed by atoms with Crippen LogP contribution in [0.15, 0.2) is 59.1 Å². The van der Waals surface area contributed by atoms with E-state index < -0.39 is 0 Å². The Morgan fingerprint density at radius 1 is 1.17 bits per heavy atom. The van der Waals surface area contributed by atoms with Crippen LogP contribution in [0.5, 0.6) is 0 Å². The third kappa shape index (κ3) is 6.69. The van der Waals surface area contributed by atoms with Gasteiger partial charge in [0.2, 0.25) is 0 Å². The van der Waals surface area contributed by atoms with Crippen LogP contribution in [-0.4, -0.2) is 18.3 Å². The standard InChI is InChI=1S/C18H21BrN2OS/c1-14(15-7-3-2-4-8-15)22-12-6-11-20-18(23)21-17-10-5-9-16(19)13-17/h2-5,7-10,13-14H,6,11-12H2,1H3,(H2,20,21,23)/t14-/m0/s1. The normalized spacial score (nSPS) is 11.7. The summed E-state index contributed by atoms with van der Waals surface area (Å²) < 4.78 is 6.86. The molecule has 3 nitrogen and oxygen atoms in total. The molecule has 0 radical (unpaired) electrons. The minimum atomic E-state index is 0.114. The summed E-state index contributed by atoms with van der Waals surface area (Å²) in [7, 11) is 0. The fraction of sp³-hybridized carbons (Fsp3) is 0.278. The summed E-state index contributed by atoms with van der Waals surface area (Å²) in [6, 6.07) is 18.1. The highest BCUT2D eigenvalue weighted by atomic mass is 79.9. The quantitative estimate of drug-likeness (QED) is 0.518. The Morgan fingerprint density at radius 3 is 2.70 bits per heavy atom. The van der Waals surface area contributed by atoms with Crippen LogP contribution in [0.2, 0.25) is 0 Å². The summed E-state index contributed by atoms with van der Waals surface area (Å²) in [6.45, 7) is 3.55. The average Bonchev–Trinajstić information content (AvgIpc) is 2.55. The molecule has 2 aromatic rings. The van der Waals surface area contributed by atoms with E-state index in [0.717, 1.165) is 23.1 Å². The van der Waals surface area contributed by atoms with Gasteiger partial charge in [-0.1, -0.05) is 52.3 Å². The first-order valence-electron chi connectivity index (χ1n) is 7.62. The van der Waals surface area contributed by atoms with Crippen LogP contribution < -0.4 is 10.6 Å². The molecule has 0 heterocycles. The Balaban J connectivity index is 1.61. The Bertz CT molecular complexity index is 621. The van der Waals surface area contributed by atoms with Crippen molar-refractivity contribution in [3.8, 4) is 0 Å². The monoisotopic (exact) mass is 392 g/mol. The van der Waals surface area contributed by atoms with Crippen molar-refractivity contribution < 1.29 is 4.74 Å². The lowest BCUT2D eigenvalue weighted by atomic mass is 10.1. The number of anilines is 1. The van der Waals surface area contributed by atoms with Crippen LogP contribution in [0.25, 0.3) is 0 Å². The van der Waals surface area contributed by atoms with E-state index in [1.165, 1.54) is 5.56 Å². The number of hydrogen-bond acceptors (Lipinski definition) is 2. The van der Waals surface area contributed by atoms with Crippen molar-refractivity contribution in [3.63, 3.8) is 0 Å². The fourth-order valence-electron chi connectivity index (χ4n) is 2.10. The predicted molar refractivity (Wildman–Crippen MR) is 104 cm³/mol. The zero-order chi connectivity index (χ0) is 16.5. The summed E-state index contributed by atoms with van der Waals surface area (Å²) in [6.07, 6.45) is 1.01. The molecular formula is C18H21BrN2OS. The maximum absolute atomic E-state index is 5.83. The van der Waals surface area contributed by atoms with E-state index in [1.54, 1.807) is 0 Å². The molecule has 1 atom stereocenters. The molecule has 2 aromatic carbocycles. The molecule has 0 saturated carbocycles. The molecule has 0 aromatic heterocycles. The Kier molecular flexibility index (Phi) is 7.52. The van der Waals surface area contributed by atoms with Gasteiger partial charge in [0.25, 0.3) is 0 Å². The van der Waals surface area contributed by atoms with Crippen molar-refractivity contribution in [2.75, 3.05) is 18.5 Å². The van der Waals surface area contributed by atoms with Gasteiger partial charge in [-0.05, 0) is 49.3 Å². The van der Waals surface area contributed by atoms with E-state index in [-0.39, 0.29) is 6.10 Å². The van der Waals surface area contributed by atoms with Crippen LogP contribution in [-0.2, 0) is 4.74 Å².